The smallest absolute Gasteiger partial charge is 0.191 e. The van der Waals surface area contributed by atoms with Crippen LogP contribution in [-0.2, 0) is 4.12 Å². The first-order valence-electron chi connectivity index (χ1n) is 12.6. The van der Waals surface area contributed by atoms with Crippen molar-refractivity contribution in [3.8, 4) is 22.9 Å². The van der Waals surface area contributed by atoms with Gasteiger partial charge in [-0.2, -0.15) is 5.26 Å². The number of nitriles is 1. The monoisotopic (exact) mass is 480 g/mol. The molecule has 0 bridgehead atoms. The van der Waals surface area contributed by atoms with E-state index in [1.54, 1.807) is 0 Å². The maximum atomic E-state index is 8.91. The van der Waals surface area contributed by atoms with Gasteiger partial charge in [-0.25, -0.2) is 0 Å². The lowest BCUT2D eigenvalue weighted by Gasteiger charge is -2.25. The number of hydrogen-bond donors (Lipinski definition) is 0. The molecule has 3 nitrogen and oxygen atoms in total. The van der Waals surface area contributed by atoms with Crippen LogP contribution in [0, 0.1) is 11.3 Å². The van der Waals surface area contributed by atoms with Crippen molar-refractivity contribution in [1.29, 1.82) is 5.26 Å². The number of unbranched alkanes of at least 4 members (excludes halogenated alkanes) is 8. The zero-order chi connectivity index (χ0) is 23.9. The lowest BCUT2D eigenvalue weighted by Crippen LogP contribution is -2.34. The summed E-state index contributed by atoms with van der Waals surface area (Å²) in [4.78, 5) is 0. The van der Waals surface area contributed by atoms with Crippen LogP contribution in [0.15, 0.2) is 48.5 Å². The van der Waals surface area contributed by atoms with E-state index >= 15 is 0 Å². The molecule has 0 atom stereocenters. The molecule has 2 rings (SSSR count). The summed E-state index contributed by atoms with van der Waals surface area (Å²) in [5.41, 5.74) is 2.95. The second-order valence-electron chi connectivity index (χ2n) is 9.76. The molecule has 0 aromatic heterocycles. The van der Waals surface area contributed by atoms with E-state index in [1.165, 1.54) is 57.4 Å². The van der Waals surface area contributed by atoms with Gasteiger partial charge in [0.05, 0.1) is 18.2 Å². The van der Waals surface area contributed by atoms with Crippen LogP contribution in [0.2, 0.25) is 32.2 Å². The van der Waals surface area contributed by atoms with Crippen molar-refractivity contribution in [3.05, 3.63) is 54.1 Å². The van der Waals surface area contributed by atoms with Gasteiger partial charge in [-0.1, -0.05) is 75.6 Å². The molecule has 0 saturated heterocycles. The van der Waals surface area contributed by atoms with E-state index in [1.807, 2.05) is 36.4 Å². The first kappa shape index (κ1) is 27.4. The van der Waals surface area contributed by atoms with Gasteiger partial charge in [-0.05, 0) is 74.0 Å². The highest BCUT2D eigenvalue weighted by Crippen LogP contribution is 2.23. The van der Waals surface area contributed by atoms with Crippen molar-refractivity contribution < 1.29 is 8.85 Å². The largest absolute Gasteiger partial charge is 0.494 e. The summed E-state index contributed by atoms with van der Waals surface area (Å²) in [5, 5.41) is 8.91. The van der Waals surface area contributed by atoms with Gasteiger partial charge in [0.25, 0.3) is 0 Å². The van der Waals surface area contributed by atoms with Crippen molar-refractivity contribution in [1.82, 2.24) is 0 Å². The molecule has 1 radical (unpaired) electrons. The fourth-order valence-electron chi connectivity index (χ4n) is 4.16. The van der Waals surface area contributed by atoms with Crippen molar-refractivity contribution in [3.63, 3.8) is 0 Å². The molecule has 33 heavy (non-hydrogen) atoms. The van der Waals surface area contributed by atoms with Gasteiger partial charge in [-0.3, -0.25) is 0 Å². The molecule has 2 aromatic rings. The fourth-order valence-corrected chi connectivity index (χ4v) is 10.1. The lowest BCUT2D eigenvalue weighted by atomic mass is 10.0. The summed E-state index contributed by atoms with van der Waals surface area (Å²) in [7, 11) is -1.92. The van der Waals surface area contributed by atoms with Gasteiger partial charge in [0, 0.05) is 0 Å². The van der Waals surface area contributed by atoms with Crippen LogP contribution in [0.5, 0.6) is 5.75 Å². The normalized spacial score (nSPS) is 11.5. The molecule has 5 heteroatoms. The third-order valence-corrected chi connectivity index (χ3v) is 11.3. The Labute approximate surface area is 205 Å². The number of benzene rings is 2. The highest BCUT2D eigenvalue weighted by Gasteiger charge is 2.22. The Bertz CT molecular complexity index is 826. The SMILES string of the molecule is C[Si](C)O[Si](C)(C)CCCCCCCCCCCOc1ccc(-c2ccc(C#N)cc2)cc1. The molecule has 179 valence electrons. The number of nitrogens with zero attached hydrogens (tertiary/aromatic N) is 1. The third kappa shape index (κ3) is 11.7. The fraction of sp³-hybridized carbons (Fsp3) is 0.536. The molecule has 0 fully saturated rings. The molecule has 0 heterocycles. The zero-order valence-corrected chi connectivity index (χ0v) is 23.2. The van der Waals surface area contributed by atoms with Crippen LogP contribution < -0.4 is 4.74 Å². The van der Waals surface area contributed by atoms with Gasteiger partial charge < -0.3 is 8.85 Å². The second-order valence-corrected chi connectivity index (χ2v) is 16.4. The highest BCUT2D eigenvalue weighted by atomic mass is 28.4. The minimum Gasteiger partial charge on any atom is -0.494 e. The average molecular weight is 481 g/mol. The van der Waals surface area contributed by atoms with E-state index in [-0.39, 0.29) is 0 Å². The predicted octanol–water partition coefficient (Wildman–Crippen LogP) is 8.59. The minimum atomic E-state index is -1.38. The van der Waals surface area contributed by atoms with E-state index < -0.39 is 17.4 Å². The van der Waals surface area contributed by atoms with Crippen molar-refractivity contribution in [2.75, 3.05) is 6.61 Å². The van der Waals surface area contributed by atoms with Crippen molar-refractivity contribution in [2.24, 2.45) is 0 Å². The van der Waals surface area contributed by atoms with E-state index in [4.69, 9.17) is 14.1 Å². The van der Waals surface area contributed by atoms with Gasteiger partial charge in [0.1, 0.15) is 5.75 Å². The Morgan fingerprint density at radius 1 is 0.727 bits per heavy atom. The maximum Gasteiger partial charge on any atom is 0.191 e. The summed E-state index contributed by atoms with van der Waals surface area (Å²) in [5.74, 6) is 0.930. The second kappa shape index (κ2) is 15.1. The first-order valence-corrected chi connectivity index (χ1v) is 18.1. The molecule has 0 saturated carbocycles. The van der Waals surface area contributed by atoms with E-state index in [0.29, 0.717) is 5.56 Å². The first-order chi connectivity index (χ1) is 15.9. The highest BCUT2D eigenvalue weighted by molar-refractivity contribution is 6.77. The van der Waals surface area contributed by atoms with E-state index in [2.05, 4.69) is 44.4 Å². The summed E-state index contributed by atoms with van der Waals surface area (Å²) in [6.07, 6.45) is 11.9. The average Bonchev–Trinajstić information content (AvgIpc) is 2.79. The number of ether oxygens (including phenoxy) is 1. The zero-order valence-electron chi connectivity index (χ0n) is 21.2. The Hall–Kier alpha value is -1.88. The molecule has 0 aliphatic heterocycles. The summed E-state index contributed by atoms with van der Waals surface area (Å²) in [6.45, 7) is 10.0. The quantitative estimate of drug-likeness (QED) is 0.178. The Balaban J connectivity index is 1.46. The summed E-state index contributed by atoms with van der Waals surface area (Å²) >= 11 is 0. The molecule has 0 amide bonds. The molecular formula is C28H42NO2Si2. The van der Waals surface area contributed by atoms with Crippen LogP contribution in [0.3, 0.4) is 0 Å². The maximum absolute atomic E-state index is 8.91. The van der Waals surface area contributed by atoms with Gasteiger partial charge in [-0.15, -0.1) is 0 Å². The number of hydrogen-bond acceptors (Lipinski definition) is 3. The van der Waals surface area contributed by atoms with Crippen LogP contribution >= 0.6 is 0 Å². The molecule has 0 N–H and O–H groups in total. The van der Waals surface area contributed by atoms with Crippen LogP contribution in [0.1, 0.15) is 63.4 Å². The Morgan fingerprint density at radius 2 is 1.21 bits per heavy atom. The predicted molar refractivity (Wildman–Crippen MR) is 144 cm³/mol. The third-order valence-electron chi connectivity index (χ3n) is 5.87. The van der Waals surface area contributed by atoms with Crippen molar-refractivity contribution in [2.45, 2.75) is 90.0 Å². The van der Waals surface area contributed by atoms with Crippen LogP contribution in [-0.4, -0.2) is 24.0 Å². The summed E-state index contributed by atoms with van der Waals surface area (Å²) < 4.78 is 12.1. The standard InChI is InChI=1S/C28H42NO2Si2/c1-32(2)31-33(3,4)23-13-11-9-7-5-6-8-10-12-22-30-28-20-18-27(19-21-28)26-16-14-25(24-29)15-17-26/h14-21H,5-13,22-23H2,1-4H3. The molecule has 0 unspecified atom stereocenters. The number of rotatable bonds is 16. The minimum absolute atomic E-state index is 0.540. The molecule has 0 aliphatic rings. The van der Waals surface area contributed by atoms with Gasteiger partial charge in [0.15, 0.2) is 17.4 Å². The summed E-state index contributed by atoms with van der Waals surface area (Å²) in [6, 6.07) is 19.4. The molecular weight excluding hydrogens is 438 g/mol. The molecule has 2 aromatic carbocycles. The van der Waals surface area contributed by atoms with Crippen LogP contribution in [0.4, 0.5) is 0 Å². The van der Waals surface area contributed by atoms with E-state index in [0.717, 1.165) is 29.9 Å². The van der Waals surface area contributed by atoms with Crippen LogP contribution in [0.25, 0.3) is 11.1 Å². The van der Waals surface area contributed by atoms with E-state index in [9.17, 15) is 0 Å². The topological polar surface area (TPSA) is 42.2 Å². The van der Waals surface area contributed by atoms with Gasteiger partial charge >= 0.3 is 0 Å². The lowest BCUT2D eigenvalue weighted by molar-refractivity contribution is 0.304. The Kier molecular flexibility index (Phi) is 12.5. The Morgan fingerprint density at radius 3 is 1.73 bits per heavy atom. The van der Waals surface area contributed by atoms with Gasteiger partial charge in [0.2, 0.25) is 0 Å². The molecule has 0 spiro atoms. The van der Waals surface area contributed by atoms with Crippen molar-refractivity contribution >= 4 is 17.4 Å². The molecule has 0 aliphatic carbocycles.